The Morgan fingerprint density at radius 3 is 2.77 bits per heavy atom. The van der Waals surface area contributed by atoms with Crippen molar-refractivity contribution in [1.82, 2.24) is 4.98 Å². The SMILES string of the molecule is CCCCN(C)c1ccc(NS(=O)(=O)c2ccc3c(c2)CC(=O)N3)cn1. The fraction of sp³-hybridized carbons (Fsp3) is 0.333. The highest BCUT2D eigenvalue weighted by molar-refractivity contribution is 7.92. The molecule has 1 aliphatic rings. The van der Waals surface area contributed by atoms with Crippen LogP contribution >= 0.6 is 0 Å². The van der Waals surface area contributed by atoms with Crippen molar-refractivity contribution in [2.24, 2.45) is 0 Å². The summed E-state index contributed by atoms with van der Waals surface area (Å²) in [5.74, 6) is 0.665. The first-order valence-electron chi connectivity index (χ1n) is 8.52. The minimum atomic E-state index is -3.74. The number of sulfonamides is 1. The van der Waals surface area contributed by atoms with E-state index in [9.17, 15) is 13.2 Å². The van der Waals surface area contributed by atoms with Gasteiger partial charge in [-0.3, -0.25) is 9.52 Å². The molecular formula is C18H22N4O3S. The van der Waals surface area contributed by atoms with E-state index in [4.69, 9.17) is 0 Å². The lowest BCUT2D eigenvalue weighted by atomic mass is 10.2. The number of pyridine rings is 1. The molecule has 0 saturated carbocycles. The van der Waals surface area contributed by atoms with Crippen molar-refractivity contribution in [2.45, 2.75) is 31.1 Å². The van der Waals surface area contributed by atoms with Gasteiger partial charge in [0.2, 0.25) is 5.91 Å². The third-order valence-electron chi connectivity index (χ3n) is 4.25. The number of amides is 1. The molecule has 1 aromatic carbocycles. The molecule has 7 nitrogen and oxygen atoms in total. The molecule has 2 aromatic rings. The van der Waals surface area contributed by atoms with E-state index in [-0.39, 0.29) is 17.2 Å². The van der Waals surface area contributed by atoms with Gasteiger partial charge < -0.3 is 10.2 Å². The van der Waals surface area contributed by atoms with Crippen LogP contribution in [0.25, 0.3) is 0 Å². The van der Waals surface area contributed by atoms with E-state index in [1.807, 2.05) is 11.9 Å². The molecule has 1 aliphatic heterocycles. The van der Waals surface area contributed by atoms with Crippen LogP contribution in [0.5, 0.6) is 0 Å². The number of nitrogens with zero attached hydrogens (tertiary/aromatic N) is 2. The predicted molar refractivity (Wildman–Crippen MR) is 102 cm³/mol. The van der Waals surface area contributed by atoms with Crippen LogP contribution in [-0.4, -0.2) is 32.9 Å². The van der Waals surface area contributed by atoms with E-state index < -0.39 is 10.0 Å². The van der Waals surface area contributed by atoms with Gasteiger partial charge in [0.25, 0.3) is 10.0 Å². The molecule has 26 heavy (non-hydrogen) atoms. The Hall–Kier alpha value is -2.61. The number of fused-ring (bicyclic) bond motifs is 1. The van der Waals surface area contributed by atoms with Crippen LogP contribution < -0.4 is 14.9 Å². The zero-order valence-electron chi connectivity index (χ0n) is 14.8. The van der Waals surface area contributed by atoms with Gasteiger partial charge in [-0.2, -0.15) is 0 Å². The fourth-order valence-corrected chi connectivity index (χ4v) is 3.86. The van der Waals surface area contributed by atoms with Gasteiger partial charge in [-0.15, -0.1) is 0 Å². The molecule has 1 amide bonds. The van der Waals surface area contributed by atoms with Gasteiger partial charge in [0.05, 0.1) is 23.2 Å². The highest BCUT2D eigenvalue weighted by Gasteiger charge is 2.22. The molecule has 0 bridgehead atoms. The first-order valence-corrected chi connectivity index (χ1v) is 10.00. The zero-order valence-corrected chi connectivity index (χ0v) is 15.6. The summed E-state index contributed by atoms with van der Waals surface area (Å²) in [5.41, 5.74) is 1.74. The highest BCUT2D eigenvalue weighted by atomic mass is 32.2. The summed E-state index contributed by atoms with van der Waals surface area (Å²) in [4.78, 5) is 17.9. The van der Waals surface area contributed by atoms with Crippen LogP contribution in [0, 0.1) is 0 Å². The van der Waals surface area contributed by atoms with E-state index >= 15 is 0 Å². The Morgan fingerprint density at radius 1 is 1.27 bits per heavy atom. The van der Waals surface area contributed by atoms with Crippen molar-refractivity contribution >= 4 is 33.1 Å². The standard InChI is InChI=1S/C18H22N4O3S/c1-3-4-9-22(2)17-8-5-14(12-19-17)21-26(24,25)15-6-7-16-13(10-15)11-18(23)20-16/h5-8,10,12,21H,3-4,9,11H2,1-2H3,(H,20,23). The minimum absolute atomic E-state index is 0.122. The number of hydrogen-bond acceptors (Lipinski definition) is 5. The second-order valence-corrected chi connectivity index (χ2v) is 8.01. The molecule has 138 valence electrons. The second-order valence-electron chi connectivity index (χ2n) is 6.33. The van der Waals surface area contributed by atoms with E-state index in [1.54, 1.807) is 18.2 Å². The number of hydrogen-bond donors (Lipinski definition) is 2. The Bertz CT molecular complexity index is 911. The van der Waals surface area contributed by atoms with Crippen molar-refractivity contribution in [1.29, 1.82) is 0 Å². The van der Waals surface area contributed by atoms with E-state index in [2.05, 4.69) is 21.9 Å². The van der Waals surface area contributed by atoms with Crippen molar-refractivity contribution in [3.63, 3.8) is 0 Å². The predicted octanol–water partition coefficient (Wildman–Crippen LogP) is 2.61. The molecule has 3 rings (SSSR count). The number of rotatable bonds is 7. The molecule has 0 unspecified atom stereocenters. The summed E-state index contributed by atoms with van der Waals surface area (Å²) < 4.78 is 27.7. The summed E-state index contributed by atoms with van der Waals surface area (Å²) in [6, 6.07) is 8.10. The Balaban J connectivity index is 1.74. The maximum Gasteiger partial charge on any atom is 0.261 e. The summed E-state index contributed by atoms with van der Waals surface area (Å²) in [6.07, 6.45) is 3.87. The van der Waals surface area contributed by atoms with Crippen molar-refractivity contribution < 1.29 is 13.2 Å². The minimum Gasteiger partial charge on any atom is -0.360 e. The number of benzene rings is 1. The first-order chi connectivity index (χ1) is 12.4. The number of unbranched alkanes of at least 4 members (excludes halogenated alkanes) is 1. The molecule has 2 heterocycles. The Labute approximate surface area is 153 Å². The largest absolute Gasteiger partial charge is 0.360 e. The number of anilines is 3. The van der Waals surface area contributed by atoms with Crippen LogP contribution in [0.2, 0.25) is 0 Å². The molecule has 0 atom stereocenters. The summed E-state index contributed by atoms with van der Waals surface area (Å²) in [6.45, 7) is 3.03. The number of carbonyl (C=O) groups excluding carboxylic acids is 1. The van der Waals surface area contributed by atoms with Gasteiger partial charge in [0.15, 0.2) is 0 Å². The van der Waals surface area contributed by atoms with E-state index in [1.165, 1.54) is 18.3 Å². The van der Waals surface area contributed by atoms with Gasteiger partial charge >= 0.3 is 0 Å². The number of aromatic nitrogens is 1. The lowest BCUT2D eigenvalue weighted by Crippen LogP contribution is -2.19. The normalized spacial score (nSPS) is 13.2. The topological polar surface area (TPSA) is 91.4 Å². The average molecular weight is 374 g/mol. The number of carbonyl (C=O) groups is 1. The molecule has 1 aromatic heterocycles. The van der Waals surface area contributed by atoms with Crippen LogP contribution in [0.4, 0.5) is 17.2 Å². The summed E-state index contributed by atoms with van der Waals surface area (Å²) in [7, 11) is -1.78. The Morgan fingerprint density at radius 2 is 2.08 bits per heavy atom. The zero-order chi connectivity index (χ0) is 18.7. The van der Waals surface area contributed by atoms with Crippen molar-refractivity contribution in [3.8, 4) is 0 Å². The van der Waals surface area contributed by atoms with Crippen LogP contribution in [-0.2, 0) is 21.2 Å². The van der Waals surface area contributed by atoms with Crippen molar-refractivity contribution in [3.05, 3.63) is 42.1 Å². The third-order valence-corrected chi connectivity index (χ3v) is 5.63. The summed E-state index contributed by atoms with van der Waals surface area (Å²) in [5, 5.41) is 2.69. The van der Waals surface area contributed by atoms with Gasteiger partial charge in [0, 0.05) is 19.3 Å². The van der Waals surface area contributed by atoms with Crippen molar-refractivity contribution in [2.75, 3.05) is 28.5 Å². The molecule has 0 aliphatic carbocycles. The molecule has 0 fully saturated rings. The maximum absolute atomic E-state index is 12.6. The Kier molecular flexibility index (Phi) is 5.13. The first kappa shape index (κ1) is 18.2. The monoisotopic (exact) mass is 374 g/mol. The fourth-order valence-electron chi connectivity index (χ4n) is 2.77. The molecule has 2 N–H and O–H groups in total. The van der Waals surface area contributed by atoms with Gasteiger partial charge in [-0.1, -0.05) is 13.3 Å². The lowest BCUT2D eigenvalue weighted by Gasteiger charge is -2.18. The van der Waals surface area contributed by atoms with Gasteiger partial charge in [-0.25, -0.2) is 13.4 Å². The molecule has 0 saturated heterocycles. The molecule has 8 heteroatoms. The molecule has 0 spiro atoms. The molecular weight excluding hydrogens is 352 g/mol. The average Bonchev–Trinajstić information content (AvgIpc) is 2.99. The van der Waals surface area contributed by atoms with E-state index in [0.29, 0.717) is 16.9 Å². The quantitative estimate of drug-likeness (QED) is 0.777. The van der Waals surface area contributed by atoms with Gasteiger partial charge in [0.1, 0.15) is 5.82 Å². The third kappa shape index (κ3) is 3.96. The maximum atomic E-state index is 12.6. The smallest absolute Gasteiger partial charge is 0.261 e. The van der Waals surface area contributed by atoms with Crippen LogP contribution in [0.15, 0.2) is 41.4 Å². The van der Waals surface area contributed by atoms with Gasteiger partial charge in [-0.05, 0) is 42.3 Å². The number of nitrogens with one attached hydrogen (secondary N) is 2. The lowest BCUT2D eigenvalue weighted by molar-refractivity contribution is -0.115. The molecule has 0 radical (unpaired) electrons. The van der Waals surface area contributed by atoms with Crippen LogP contribution in [0.1, 0.15) is 25.3 Å². The highest BCUT2D eigenvalue weighted by Crippen LogP contribution is 2.27. The van der Waals surface area contributed by atoms with E-state index in [0.717, 1.165) is 25.2 Å². The van der Waals surface area contributed by atoms with Crippen LogP contribution in [0.3, 0.4) is 0 Å². The summed E-state index contributed by atoms with van der Waals surface area (Å²) >= 11 is 0. The second kappa shape index (κ2) is 7.33.